The normalized spacial score (nSPS) is 19.8. The van der Waals surface area contributed by atoms with Crippen LogP contribution in [0.15, 0.2) is 17.5 Å². The molecule has 1 atom stereocenters. The number of pyridine rings is 1. The number of rotatable bonds is 2. The second-order valence-electron chi connectivity index (χ2n) is 7.50. The van der Waals surface area contributed by atoms with Crippen molar-refractivity contribution in [1.82, 2.24) is 19.7 Å². The van der Waals surface area contributed by atoms with Crippen LogP contribution in [-0.2, 0) is 13.5 Å². The van der Waals surface area contributed by atoms with Crippen molar-refractivity contribution >= 4 is 28.3 Å². The van der Waals surface area contributed by atoms with E-state index in [0.717, 1.165) is 41.0 Å². The van der Waals surface area contributed by atoms with Crippen LogP contribution < -0.4 is 0 Å². The molecule has 0 spiro atoms. The van der Waals surface area contributed by atoms with Gasteiger partial charge in [0.15, 0.2) is 5.65 Å². The molecule has 5 nitrogen and oxygen atoms in total. The van der Waals surface area contributed by atoms with Crippen LogP contribution in [0.4, 0.5) is 0 Å². The number of thiophene rings is 1. The molecular formula is C20H22N4OS. The molecule has 1 aliphatic heterocycles. The molecule has 4 heterocycles. The van der Waals surface area contributed by atoms with Gasteiger partial charge in [-0.25, -0.2) is 4.98 Å². The minimum absolute atomic E-state index is 0.111. The highest BCUT2D eigenvalue weighted by molar-refractivity contribution is 7.10. The number of carbonyl (C=O) groups is 1. The number of carbonyl (C=O) groups excluding carboxylic acids is 1. The summed E-state index contributed by atoms with van der Waals surface area (Å²) < 4.78 is 1.81. The molecule has 0 N–H and O–H groups in total. The summed E-state index contributed by atoms with van der Waals surface area (Å²) in [6.45, 7) is 4.88. The van der Waals surface area contributed by atoms with Gasteiger partial charge in [-0.1, -0.05) is 0 Å². The lowest BCUT2D eigenvalue weighted by molar-refractivity contribution is 0.0681. The monoisotopic (exact) mass is 366 g/mol. The first-order valence-electron chi connectivity index (χ1n) is 9.26. The first-order chi connectivity index (χ1) is 12.5. The summed E-state index contributed by atoms with van der Waals surface area (Å²) in [6, 6.07) is 4.31. The topological polar surface area (TPSA) is 51.0 Å². The highest BCUT2D eigenvalue weighted by Gasteiger charge is 2.33. The standard InChI is InChI=1S/C20H22N4OS/c1-11-18-15(10-16(13-4-5-13)21-19(18)23(3)22-11)20(25)24-8-6-17-14(12(24)2)7-9-26-17/h7,9-10,12-13H,4-6,8H2,1-3H3/t12-/m1/s1. The summed E-state index contributed by atoms with van der Waals surface area (Å²) in [7, 11) is 1.91. The van der Waals surface area contributed by atoms with Gasteiger partial charge >= 0.3 is 0 Å². The second kappa shape index (κ2) is 5.64. The Morgan fingerprint density at radius 2 is 2.15 bits per heavy atom. The third-order valence-corrected chi connectivity index (χ3v) is 6.75. The Morgan fingerprint density at radius 1 is 1.35 bits per heavy atom. The van der Waals surface area contributed by atoms with Crippen molar-refractivity contribution in [3.05, 3.63) is 44.9 Å². The average Bonchev–Trinajstić information content (AvgIpc) is 3.30. The molecule has 3 aromatic heterocycles. The van der Waals surface area contributed by atoms with Crippen LogP contribution in [0.5, 0.6) is 0 Å². The second-order valence-corrected chi connectivity index (χ2v) is 8.50. The Labute approximate surface area is 156 Å². The average molecular weight is 366 g/mol. The van der Waals surface area contributed by atoms with Crippen molar-refractivity contribution in [2.45, 2.75) is 45.1 Å². The van der Waals surface area contributed by atoms with E-state index in [4.69, 9.17) is 4.98 Å². The molecule has 1 saturated carbocycles. The van der Waals surface area contributed by atoms with E-state index in [1.165, 1.54) is 23.3 Å². The van der Waals surface area contributed by atoms with Crippen molar-refractivity contribution in [3.63, 3.8) is 0 Å². The van der Waals surface area contributed by atoms with E-state index in [2.05, 4.69) is 23.5 Å². The van der Waals surface area contributed by atoms with Gasteiger partial charge in [0.05, 0.1) is 22.7 Å². The van der Waals surface area contributed by atoms with E-state index in [9.17, 15) is 4.79 Å². The van der Waals surface area contributed by atoms with Crippen LogP contribution in [0.1, 0.15) is 63.9 Å². The van der Waals surface area contributed by atoms with Crippen LogP contribution in [-0.4, -0.2) is 32.1 Å². The quantitative estimate of drug-likeness (QED) is 0.689. The number of hydrogen-bond donors (Lipinski definition) is 0. The number of aryl methyl sites for hydroxylation is 2. The zero-order valence-electron chi connectivity index (χ0n) is 15.3. The van der Waals surface area contributed by atoms with E-state index < -0.39 is 0 Å². The minimum Gasteiger partial charge on any atom is -0.331 e. The fourth-order valence-electron chi connectivity index (χ4n) is 4.16. The summed E-state index contributed by atoms with van der Waals surface area (Å²) in [5.41, 5.74) is 4.82. The van der Waals surface area contributed by atoms with Crippen molar-refractivity contribution in [2.75, 3.05) is 6.54 Å². The van der Waals surface area contributed by atoms with Crippen LogP contribution in [0.3, 0.4) is 0 Å². The number of aromatic nitrogens is 3. The minimum atomic E-state index is 0.111. The first kappa shape index (κ1) is 16.0. The Hall–Kier alpha value is -2.21. The highest BCUT2D eigenvalue weighted by atomic mass is 32.1. The maximum atomic E-state index is 13.6. The summed E-state index contributed by atoms with van der Waals surface area (Å²) >= 11 is 1.80. The largest absolute Gasteiger partial charge is 0.331 e. The zero-order valence-corrected chi connectivity index (χ0v) is 16.1. The van der Waals surface area contributed by atoms with Gasteiger partial charge in [-0.15, -0.1) is 11.3 Å². The number of amides is 1. The van der Waals surface area contributed by atoms with Crippen molar-refractivity contribution in [2.24, 2.45) is 7.05 Å². The smallest absolute Gasteiger partial charge is 0.255 e. The summed E-state index contributed by atoms with van der Waals surface area (Å²) in [4.78, 5) is 21.8. The van der Waals surface area contributed by atoms with Gasteiger partial charge in [-0.05, 0) is 56.2 Å². The molecule has 0 radical (unpaired) electrons. The van der Waals surface area contributed by atoms with E-state index in [0.29, 0.717) is 5.92 Å². The lowest BCUT2D eigenvalue weighted by atomic mass is 9.99. The molecule has 1 amide bonds. The molecule has 6 heteroatoms. The van der Waals surface area contributed by atoms with Crippen molar-refractivity contribution in [3.8, 4) is 0 Å². The van der Waals surface area contributed by atoms with E-state index in [1.807, 2.05) is 29.6 Å². The molecule has 26 heavy (non-hydrogen) atoms. The molecule has 0 aromatic carbocycles. The predicted octanol–water partition coefficient (Wildman–Crippen LogP) is 3.98. The van der Waals surface area contributed by atoms with Crippen LogP contribution in [0.2, 0.25) is 0 Å². The van der Waals surface area contributed by atoms with Gasteiger partial charge in [0.25, 0.3) is 5.91 Å². The maximum absolute atomic E-state index is 13.6. The molecule has 2 aliphatic rings. The Kier molecular flexibility index (Phi) is 3.47. The van der Waals surface area contributed by atoms with Crippen molar-refractivity contribution < 1.29 is 4.79 Å². The maximum Gasteiger partial charge on any atom is 0.255 e. The Morgan fingerprint density at radius 3 is 2.92 bits per heavy atom. The lowest BCUT2D eigenvalue weighted by Gasteiger charge is -2.34. The fraction of sp³-hybridized carbons (Fsp3) is 0.450. The van der Waals surface area contributed by atoms with E-state index in [-0.39, 0.29) is 11.9 Å². The van der Waals surface area contributed by atoms with Crippen LogP contribution in [0.25, 0.3) is 11.0 Å². The zero-order chi connectivity index (χ0) is 18.0. The van der Waals surface area contributed by atoms with Gasteiger partial charge < -0.3 is 4.90 Å². The first-order valence-corrected chi connectivity index (χ1v) is 10.1. The molecule has 0 unspecified atom stereocenters. The number of nitrogens with zero attached hydrogens (tertiary/aromatic N) is 4. The van der Waals surface area contributed by atoms with Gasteiger partial charge in [0.2, 0.25) is 0 Å². The van der Waals surface area contributed by atoms with Gasteiger partial charge in [-0.2, -0.15) is 5.10 Å². The highest BCUT2D eigenvalue weighted by Crippen LogP contribution is 2.41. The van der Waals surface area contributed by atoms with Gasteiger partial charge in [-0.3, -0.25) is 9.48 Å². The van der Waals surface area contributed by atoms with Gasteiger partial charge in [0.1, 0.15) is 0 Å². The molecular weight excluding hydrogens is 344 g/mol. The van der Waals surface area contributed by atoms with Crippen LogP contribution >= 0.6 is 11.3 Å². The number of fused-ring (bicyclic) bond motifs is 2. The molecule has 134 valence electrons. The van der Waals surface area contributed by atoms with Gasteiger partial charge in [0, 0.05) is 30.1 Å². The lowest BCUT2D eigenvalue weighted by Crippen LogP contribution is -2.38. The molecule has 3 aromatic rings. The third kappa shape index (κ3) is 2.31. The van der Waals surface area contributed by atoms with Crippen molar-refractivity contribution in [1.29, 1.82) is 0 Å². The molecule has 1 aliphatic carbocycles. The Bertz CT molecular complexity index is 1030. The SMILES string of the molecule is Cc1nn(C)c2nc(C3CC3)cc(C(=O)N3CCc4sccc4[C@H]3C)c12. The summed E-state index contributed by atoms with van der Waals surface area (Å²) in [6.07, 6.45) is 3.28. The van der Waals surface area contributed by atoms with Crippen LogP contribution in [0, 0.1) is 6.92 Å². The Balaban J connectivity index is 1.63. The molecule has 0 saturated heterocycles. The molecule has 1 fully saturated rings. The molecule has 5 rings (SSSR count). The summed E-state index contributed by atoms with van der Waals surface area (Å²) in [5, 5.41) is 7.57. The third-order valence-electron chi connectivity index (χ3n) is 5.75. The molecule has 0 bridgehead atoms. The predicted molar refractivity (Wildman–Crippen MR) is 103 cm³/mol. The van der Waals surface area contributed by atoms with E-state index in [1.54, 1.807) is 11.3 Å². The fourth-order valence-corrected chi connectivity index (χ4v) is 5.13. The number of hydrogen-bond acceptors (Lipinski definition) is 4. The summed E-state index contributed by atoms with van der Waals surface area (Å²) in [5.74, 6) is 0.614. The van der Waals surface area contributed by atoms with E-state index >= 15 is 0 Å².